The van der Waals surface area contributed by atoms with Gasteiger partial charge in [-0.15, -0.1) is 0 Å². The van der Waals surface area contributed by atoms with Gasteiger partial charge in [-0.1, -0.05) is 11.6 Å². The van der Waals surface area contributed by atoms with Gasteiger partial charge in [-0.05, 0) is 38.1 Å². The van der Waals surface area contributed by atoms with E-state index >= 15 is 0 Å². The number of halogens is 1. The fourth-order valence-electron chi connectivity index (χ4n) is 1.77. The fraction of sp³-hybridized carbons (Fsp3) is 0.500. The van der Waals surface area contributed by atoms with Gasteiger partial charge < -0.3 is 20.7 Å². The van der Waals surface area contributed by atoms with Crippen LogP contribution in [0.2, 0.25) is 5.02 Å². The number of benzene rings is 1. The van der Waals surface area contributed by atoms with Gasteiger partial charge in [0.15, 0.2) is 5.96 Å². The molecule has 1 aromatic carbocycles. The van der Waals surface area contributed by atoms with Crippen LogP contribution in [0.5, 0.6) is 0 Å². The minimum absolute atomic E-state index is 0.123. The third-order valence-corrected chi connectivity index (χ3v) is 3.12. The summed E-state index contributed by atoms with van der Waals surface area (Å²) in [5.41, 5.74) is 0.590. The Morgan fingerprint density at radius 1 is 1.13 bits per heavy atom. The maximum atomic E-state index is 11.9. The molecule has 0 saturated heterocycles. The topological polar surface area (TPSA) is 74.8 Å². The highest BCUT2D eigenvalue weighted by Crippen LogP contribution is 2.08. The van der Waals surface area contributed by atoms with Crippen molar-refractivity contribution < 1.29 is 9.53 Å². The Kier molecular flexibility index (Phi) is 9.83. The van der Waals surface area contributed by atoms with Crippen molar-refractivity contribution in [2.45, 2.75) is 13.8 Å². The number of hydrogen-bond acceptors (Lipinski definition) is 3. The molecule has 0 spiro atoms. The van der Waals surface area contributed by atoms with E-state index in [1.807, 2.05) is 13.8 Å². The molecule has 0 unspecified atom stereocenters. The van der Waals surface area contributed by atoms with Gasteiger partial charge in [0, 0.05) is 36.8 Å². The molecule has 1 amide bonds. The molecule has 3 N–H and O–H groups in total. The van der Waals surface area contributed by atoms with Gasteiger partial charge in [0.1, 0.15) is 0 Å². The second kappa shape index (κ2) is 11.7. The largest absolute Gasteiger partial charge is 0.380 e. The molecule has 6 nitrogen and oxygen atoms in total. The molecule has 1 rings (SSSR count). The van der Waals surface area contributed by atoms with E-state index in [1.54, 1.807) is 24.3 Å². The van der Waals surface area contributed by atoms with Crippen LogP contribution in [0.25, 0.3) is 0 Å². The Morgan fingerprint density at radius 2 is 1.83 bits per heavy atom. The first-order valence-corrected chi connectivity index (χ1v) is 8.18. The van der Waals surface area contributed by atoms with Crippen LogP contribution in [-0.2, 0) is 4.74 Å². The molecule has 0 bridgehead atoms. The predicted molar refractivity (Wildman–Crippen MR) is 94.3 cm³/mol. The van der Waals surface area contributed by atoms with Crippen LogP contribution in [0.1, 0.15) is 24.2 Å². The molecule has 0 aromatic heterocycles. The van der Waals surface area contributed by atoms with E-state index in [-0.39, 0.29) is 5.91 Å². The standard InChI is InChI=1S/C16H25ClN4O2/c1-3-18-16(21-11-12-23-4-2)20-10-9-19-15(22)13-5-7-14(17)8-6-13/h5-8H,3-4,9-12H2,1-2H3,(H,19,22)(H2,18,20,21). The van der Waals surface area contributed by atoms with Crippen molar-refractivity contribution in [3.8, 4) is 0 Å². The minimum Gasteiger partial charge on any atom is -0.380 e. The molecule has 1 aromatic rings. The summed E-state index contributed by atoms with van der Waals surface area (Å²) in [6.45, 7) is 7.70. The van der Waals surface area contributed by atoms with Crippen LogP contribution >= 0.6 is 11.6 Å². The molecule has 0 fully saturated rings. The first-order chi connectivity index (χ1) is 11.2. The van der Waals surface area contributed by atoms with Crippen LogP contribution in [0, 0.1) is 0 Å². The highest BCUT2D eigenvalue weighted by Gasteiger charge is 2.04. The van der Waals surface area contributed by atoms with E-state index in [1.165, 1.54) is 0 Å². The molecule has 0 aliphatic heterocycles. The van der Waals surface area contributed by atoms with Crippen LogP contribution in [-0.4, -0.2) is 51.3 Å². The third-order valence-electron chi connectivity index (χ3n) is 2.86. The summed E-state index contributed by atoms with van der Waals surface area (Å²) in [4.78, 5) is 16.3. The lowest BCUT2D eigenvalue weighted by atomic mass is 10.2. The molecular formula is C16H25ClN4O2. The average Bonchev–Trinajstić information content (AvgIpc) is 2.55. The van der Waals surface area contributed by atoms with E-state index in [9.17, 15) is 4.79 Å². The smallest absolute Gasteiger partial charge is 0.251 e. The summed E-state index contributed by atoms with van der Waals surface area (Å²) in [7, 11) is 0. The Morgan fingerprint density at radius 3 is 2.48 bits per heavy atom. The van der Waals surface area contributed by atoms with Crippen LogP contribution < -0.4 is 16.0 Å². The monoisotopic (exact) mass is 340 g/mol. The van der Waals surface area contributed by atoms with Crippen LogP contribution in [0.15, 0.2) is 29.3 Å². The van der Waals surface area contributed by atoms with Crippen molar-refractivity contribution in [1.82, 2.24) is 16.0 Å². The Hall–Kier alpha value is -1.79. The van der Waals surface area contributed by atoms with Crippen LogP contribution in [0.4, 0.5) is 0 Å². The van der Waals surface area contributed by atoms with Crippen molar-refractivity contribution in [3.05, 3.63) is 34.9 Å². The maximum absolute atomic E-state index is 11.9. The highest BCUT2D eigenvalue weighted by atomic mass is 35.5. The SMILES string of the molecule is CCNC(=NCCOCC)NCCNC(=O)c1ccc(Cl)cc1. The van der Waals surface area contributed by atoms with E-state index < -0.39 is 0 Å². The molecule has 0 saturated carbocycles. The molecular weight excluding hydrogens is 316 g/mol. The van der Waals surface area contributed by atoms with Gasteiger partial charge in [-0.3, -0.25) is 9.79 Å². The lowest BCUT2D eigenvalue weighted by Crippen LogP contribution is -2.41. The second-order valence-corrected chi connectivity index (χ2v) is 5.08. The third kappa shape index (κ3) is 8.42. The van der Waals surface area contributed by atoms with Crippen molar-refractivity contribution in [2.75, 3.05) is 39.4 Å². The van der Waals surface area contributed by atoms with Gasteiger partial charge in [0.2, 0.25) is 0 Å². The molecule has 7 heteroatoms. The number of ether oxygens (including phenoxy) is 1. The maximum Gasteiger partial charge on any atom is 0.251 e. The number of aliphatic imine (C=N–C) groups is 1. The summed E-state index contributed by atoms with van der Waals surface area (Å²) in [6, 6.07) is 6.79. The lowest BCUT2D eigenvalue weighted by molar-refractivity contribution is 0.0954. The molecule has 0 radical (unpaired) electrons. The van der Waals surface area contributed by atoms with E-state index in [4.69, 9.17) is 16.3 Å². The van der Waals surface area contributed by atoms with E-state index in [0.717, 1.165) is 6.54 Å². The first-order valence-electron chi connectivity index (χ1n) is 7.81. The molecule has 0 atom stereocenters. The summed E-state index contributed by atoms with van der Waals surface area (Å²) >= 11 is 5.80. The number of rotatable bonds is 9. The number of guanidine groups is 1. The normalized spacial score (nSPS) is 11.2. The fourth-order valence-corrected chi connectivity index (χ4v) is 1.89. The summed E-state index contributed by atoms with van der Waals surface area (Å²) in [5.74, 6) is 0.592. The average molecular weight is 341 g/mol. The van der Waals surface area contributed by atoms with Gasteiger partial charge in [0.25, 0.3) is 5.91 Å². The zero-order valence-corrected chi connectivity index (χ0v) is 14.4. The van der Waals surface area contributed by atoms with Crippen LogP contribution in [0.3, 0.4) is 0 Å². The van der Waals surface area contributed by atoms with Gasteiger partial charge in [-0.25, -0.2) is 0 Å². The molecule has 0 aliphatic rings. The van der Waals surface area contributed by atoms with Gasteiger partial charge in [0.05, 0.1) is 13.2 Å². The zero-order chi connectivity index (χ0) is 16.9. The minimum atomic E-state index is -0.123. The Bertz CT molecular complexity index is 491. The Labute approximate surface area is 142 Å². The number of amides is 1. The zero-order valence-electron chi connectivity index (χ0n) is 13.7. The summed E-state index contributed by atoms with van der Waals surface area (Å²) < 4.78 is 5.25. The van der Waals surface area contributed by atoms with Gasteiger partial charge >= 0.3 is 0 Å². The first kappa shape index (κ1) is 19.3. The van der Waals surface area contributed by atoms with Crippen molar-refractivity contribution in [1.29, 1.82) is 0 Å². The number of nitrogens with one attached hydrogen (secondary N) is 3. The molecule has 0 heterocycles. The quantitative estimate of drug-likeness (QED) is 0.363. The van der Waals surface area contributed by atoms with Crippen molar-refractivity contribution >= 4 is 23.5 Å². The molecule has 23 heavy (non-hydrogen) atoms. The second-order valence-electron chi connectivity index (χ2n) is 4.65. The van der Waals surface area contributed by atoms with Gasteiger partial charge in [-0.2, -0.15) is 0 Å². The number of carbonyl (C=O) groups is 1. The van der Waals surface area contributed by atoms with E-state index in [2.05, 4.69) is 20.9 Å². The van der Waals surface area contributed by atoms with E-state index in [0.29, 0.717) is 49.4 Å². The van der Waals surface area contributed by atoms with Crippen molar-refractivity contribution in [2.24, 2.45) is 4.99 Å². The van der Waals surface area contributed by atoms with Crippen molar-refractivity contribution in [3.63, 3.8) is 0 Å². The number of nitrogens with zero attached hydrogens (tertiary/aromatic N) is 1. The molecule has 128 valence electrons. The highest BCUT2D eigenvalue weighted by molar-refractivity contribution is 6.30. The Balaban J connectivity index is 2.29. The lowest BCUT2D eigenvalue weighted by Gasteiger charge is -2.12. The molecule has 0 aliphatic carbocycles. The summed E-state index contributed by atoms with van der Waals surface area (Å²) in [5, 5.41) is 9.76. The number of hydrogen-bond donors (Lipinski definition) is 3. The number of carbonyl (C=O) groups excluding carboxylic acids is 1. The predicted octanol–water partition coefficient (Wildman–Crippen LogP) is 1.66. The summed E-state index contributed by atoms with van der Waals surface area (Å²) in [6.07, 6.45) is 0.